The van der Waals surface area contributed by atoms with Crippen LogP contribution in [0.4, 0.5) is 0 Å². The monoisotopic (exact) mass is 227 g/mol. The van der Waals surface area contributed by atoms with E-state index < -0.39 is 0 Å². The third-order valence-corrected chi connectivity index (χ3v) is 3.56. The molecule has 1 fully saturated rings. The van der Waals surface area contributed by atoms with Crippen LogP contribution in [0.25, 0.3) is 0 Å². The van der Waals surface area contributed by atoms with Gasteiger partial charge >= 0.3 is 0 Å². The molecule has 0 aromatic rings. The van der Waals surface area contributed by atoms with Gasteiger partial charge in [0.25, 0.3) is 0 Å². The first-order chi connectivity index (χ1) is 7.83. The molecular weight excluding hydrogens is 198 g/mol. The van der Waals surface area contributed by atoms with Crippen LogP contribution in [0.1, 0.15) is 58.8 Å². The standard InChI is InChI=1S/C14H29NO/c1-3-15-11-5-4-6-12-16-14-9-7-13(2)8-10-14/h13-15H,3-12H2,1-2H3. The lowest BCUT2D eigenvalue weighted by Crippen LogP contribution is -2.21. The molecule has 1 saturated carbocycles. The summed E-state index contributed by atoms with van der Waals surface area (Å²) in [5.74, 6) is 0.931. The topological polar surface area (TPSA) is 21.3 Å². The lowest BCUT2D eigenvalue weighted by atomic mass is 9.89. The fourth-order valence-electron chi connectivity index (χ4n) is 2.35. The number of rotatable bonds is 8. The molecule has 0 heterocycles. The Morgan fingerprint density at radius 3 is 2.50 bits per heavy atom. The minimum absolute atomic E-state index is 0.574. The van der Waals surface area contributed by atoms with Crippen LogP contribution >= 0.6 is 0 Å². The molecule has 0 spiro atoms. The van der Waals surface area contributed by atoms with Gasteiger partial charge in [-0.15, -0.1) is 0 Å². The number of ether oxygens (including phenoxy) is 1. The SMILES string of the molecule is CCNCCCCCOC1CCC(C)CC1. The zero-order chi connectivity index (χ0) is 11.6. The van der Waals surface area contributed by atoms with E-state index in [0.29, 0.717) is 6.10 Å². The van der Waals surface area contributed by atoms with Gasteiger partial charge in [-0.2, -0.15) is 0 Å². The second-order valence-corrected chi connectivity index (χ2v) is 5.17. The van der Waals surface area contributed by atoms with Gasteiger partial charge in [0.15, 0.2) is 0 Å². The van der Waals surface area contributed by atoms with Crippen LogP contribution in [0.2, 0.25) is 0 Å². The van der Waals surface area contributed by atoms with Crippen LogP contribution in [0.15, 0.2) is 0 Å². The Balaban J connectivity index is 1.84. The lowest BCUT2D eigenvalue weighted by molar-refractivity contribution is 0.0179. The molecule has 2 nitrogen and oxygen atoms in total. The zero-order valence-corrected chi connectivity index (χ0v) is 11.1. The minimum Gasteiger partial charge on any atom is -0.378 e. The normalized spacial score (nSPS) is 25.9. The molecule has 0 saturated heterocycles. The van der Waals surface area contributed by atoms with Gasteiger partial charge in [0.1, 0.15) is 0 Å². The van der Waals surface area contributed by atoms with Crippen molar-refractivity contribution in [1.82, 2.24) is 5.32 Å². The summed E-state index contributed by atoms with van der Waals surface area (Å²) < 4.78 is 5.92. The molecule has 0 atom stereocenters. The Morgan fingerprint density at radius 1 is 1.06 bits per heavy atom. The van der Waals surface area contributed by atoms with Gasteiger partial charge in [0.05, 0.1) is 6.10 Å². The second-order valence-electron chi connectivity index (χ2n) is 5.17. The van der Waals surface area contributed by atoms with Crippen LogP contribution in [0, 0.1) is 5.92 Å². The molecule has 0 aromatic carbocycles. The van der Waals surface area contributed by atoms with E-state index >= 15 is 0 Å². The summed E-state index contributed by atoms with van der Waals surface area (Å²) in [6, 6.07) is 0. The Kier molecular flexibility index (Phi) is 7.87. The molecule has 16 heavy (non-hydrogen) atoms. The van der Waals surface area contributed by atoms with Crippen LogP contribution in [-0.2, 0) is 4.74 Å². The molecule has 0 bridgehead atoms. The molecular formula is C14H29NO. The Hall–Kier alpha value is -0.0800. The molecule has 1 rings (SSSR count). The molecule has 1 aliphatic rings. The highest BCUT2D eigenvalue weighted by Gasteiger charge is 2.17. The fourth-order valence-corrected chi connectivity index (χ4v) is 2.35. The summed E-state index contributed by atoms with van der Waals surface area (Å²) in [4.78, 5) is 0. The quantitative estimate of drug-likeness (QED) is 0.642. The molecule has 1 N–H and O–H groups in total. The number of nitrogens with one attached hydrogen (secondary N) is 1. The van der Waals surface area contributed by atoms with Crippen molar-refractivity contribution in [3.8, 4) is 0 Å². The Bertz CT molecular complexity index is 153. The van der Waals surface area contributed by atoms with Crippen molar-refractivity contribution >= 4 is 0 Å². The average molecular weight is 227 g/mol. The highest BCUT2D eigenvalue weighted by molar-refractivity contribution is 4.69. The maximum atomic E-state index is 5.92. The first-order valence-electron chi connectivity index (χ1n) is 7.15. The molecule has 1 aliphatic carbocycles. The van der Waals surface area contributed by atoms with Crippen molar-refractivity contribution < 1.29 is 4.74 Å². The largest absolute Gasteiger partial charge is 0.378 e. The zero-order valence-electron chi connectivity index (χ0n) is 11.1. The van der Waals surface area contributed by atoms with E-state index in [1.165, 1.54) is 44.9 Å². The van der Waals surface area contributed by atoms with E-state index in [-0.39, 0.29) is 0 Å². The molecule has 0 amide bonds. The van der Waals surface area contributed by atoms with Crippen molar-refractivity contribution in [3.05, 3.63) is 0 Å². The van der Waals surface area contributed by atoms with Gasteiger partial charge in [-0.25, -0.2) is 0 Å². The summed E-state index contributed by atoms with van der Waals surface area (Å²) in [6.07, 6.45) is 9.71. The van der Waals surface area contributed by atoms with E-state index in [9.17, 15) is 0 Å². The Morgan fingerprint density at radius 2 is 1.81 bits per heavy atom. The fraction of sp³-hybridized carbons (Fsp3) is 1.00. The van der Waals surface area contributed by atoms with E-state index in [4.69, 9.17) is 4.74 Å². The maximum Gasteiger partial charge on any atom is 0.0575 e. The summed E-state index contributed by atoms with van der Waals surface area (Å²) in [6.45, 7) is 7.75. The van der Waals surface area contributed by atoms with Crippen molar-refractivity contribution in [2.45, 2.75) is 64.9 Å². The number of hydrogen-bond acceptors (Lipinski definition) is 2. The summed E-state index contributed by atoms with van der Waals surface area (Å²) in [7, 11) is 0. The Labute approximate surface area is 101 Å². The van der Waals surface area contributed by atoms with E-state index in [1.807, 2.05) is 0 Å². The summed E-state index contributed by atoms with van der Waals surface area (Å²) >= 11 is 0. The van der Waals surface area contributed by atoms with Gasteiger partial charge in [-0.1, -0.05) is 13.8 Å². The van der Waals surface area contributed by atoms with Crippen LogP contribution in [0.3, 0.4) is 0 Å². The van der Waals surface area contributed by atoms with E-state index in [1.54, 1.807) is 0 Å². The molecule has 0 radical (unpaired) electrons. The van der Waals surface area contributed by atoms with Crippen LogP contribution in [0.5, 0.6) is 0 Å². The highest BCUT2D eigenvalue weighted by Crippen LogP contribution is 2.25. The molecule has 96 valence electrons. The molecule has 0 aliphatic heterocycles. The molecule has 0 aromatic heterocycles. The van der Waals surface area contributed by atoms with Crippen LogP contribution < -0.4 is 5.32 Å². The second kappa shape index (κ2) is 9.00. The molecule has 2 heteroatoms. The molecule has 0 unspecified atom stereocenters. The average Bonchev–Trinajstić information content (AvgIpc) is 2.30. The lowest BCUT2D eigenvalue weighted by Gasteiger charge is -2.26. The predicted octanol–water partition coefficient (Wildman–Crippen LogP) is 3.36. The first-order valence-corrected chi connectivity index (χ1v) is 7.15. The highest BCUT2D eigenvalue weighted by atomic mass is 16.5. The van der Waals surface area contributed by atoms with E-state index in [2.05, 4.69) is 19.2 Å². The van der Waals surface area contributed by atoms with Crippen molar-refractivity contribution in [2.24, 2.45) is 5.92 Å². The third kappa shape index (κ3) is 6.49. The smallest absolute Gasteiger partial charge is 0.0575 e. The van der Waals surface area contributed by atoms with Crippen molar-refractivity contribution in [2.75, 3.05) is 19.7 Å². The summed E-state index contributed by atoms with van der Waals surface area (Å²) in [5.41, 5.74) is 0. The maximum absolute atomic E-state index is 5.92. The number of hydrogen-bond donors (Lipinski definition) is 1. The van der Waals surface area contributed by atoms with Gasteiger partial charge in [-0.05, 0) is 64.0 Å². The summed E-state index contributed by atoms with van der Waals surface area (Å²) in [5, 5.41) is 3.35. The van der Waals surface area contributed by atoms with Gasteiger partial charge < -0.3 is 10.1 Å². The van der Waals surface area contributed by atoms with Crippen molar-refractivity contribution in [3.63, 3.8) is 0 Å². The first kappa shape index (κ1) is 14.0. The van der Waals surface area contributed by atoms with Gasteiger partial charge in [0.2, 0.25) is 0 Å². The van der Waals surface area contributed by atoms with Gasteiger partial charge in [-0.3, -0.25) is 0 Å². The number of unbranched alkanes of at least 4 members (excludes halogenated alkanes) is 2. The van der Waals surface area contributed by atoms with E-state index in [0.717, 1.165) is 25.6 Å². The van der Waals surface area contributed by atoms with Crippen molar-refractivity contribution in [1.29, 1.82) is 0 Å². The minimum atomic E-state index is 0.574. The van der Waals surface area contributed by atoms with Crippen LogP contribution in [-0.4, -0.2) is 25.8 Å². The third-order valence-electron chi connectivity index (χ3n) is 3.56. The van der Waals surface area contributed by atoms with Gasteiger partial charge in [0, 0.05) is 6.61 Å². The predicted molar refractivity (Wildman–Crippen MR) is 69.8 cm³/mol.